The van der Waals surface area contributed by atoms with Gasteiger partial charge in [-0.25, -0.2) is 13.9 Å². The molecule has 0 spiro atoms. The summed E-state index contributed by atoms with van der Waals surface area (Å²) < 4.78 is 69.8. The number of rotatable bonds is 6. The number of sulfonamides is 1. The van der Waals surface area contributed by atoms with Gasteiger partial charge in [0.1, 0.15) is 11.8 Å². The van der Waals surface area contributed by atoms with Gasteiger partial charge in [-0.3, -0.25) is 10.0 Å². The van der Waals surface area contributed by atoms with Crippen LogP contribution in [0.2, 0.25) is 0 Å². The molecule has 0 aromatic heterocycles. The molecular weight excluding hydrogens is 485 g/mol. The highest BCUT2D eigenvalue weighted by Crippen LogP contribution is 2.42. The average Bonchev–Trinajstić information content (AvgIpc) is 2.86. The van der Waals surface area contributed by atoms with Gasteiger partial charge in [-0.1, -0.05) is 43.5 Å². The highest BCUT2D eigenvalue weighted by molar-refractivity contribution is 7.89. The molecule has 2 aromatic carbocycles. The third-order valence-corrected chi connectivity index (χ3v) is 8.73. The number of nitrogens with zero attached hydrogens (tertiary/aromatic N) is 1. The quantitative estimate of drug-likeness (QED) is 0.443. The van der Waals surface area contributed by atoms with E-state index < -0.39 is 34.8 Å². The summed E-state index contributed by atoms with van der Waals surface area (Å²) in [5.74, 6) is -0.529. The third-order valence-electron chi connectivity index (χ3n) is 6.83. The van der Waals surface area contributed by atoms with Crippen molar-refractivity contribution in [2.75, 3.05) is 13.2 Å². The lowest BCUT2D eigenvalue weighted by molar-refractivity contribution is -0.153. The molecule has 0 bridgehead atoms. The molecule has 2 aliphatic rings. The molecule has 1 aliphatic carbocycles. The molecule has 35 heavy (non-hydrogen) atoms. The predicted octanol–water partition coefficient (Wildman–Crippen LogP) is 4.37. The summed E-state index contributed by atoms with van der Waals surface area (Å²) in [6.45, 7) is -1.19. The Balaban J connectivity index is 1.53. The molecule has 7 nitrogen and oxygen atoms in total. The predicted molar refractivity (Wildman–Crippen MR) is 121 cm³/mol. The molecule has 2 aromatic rings. The van der Waals surface area contributed by atoms with E-state index in [9.17, 15) is 31.6 Å². The van der Waals surface area contributed by atoms with Gasteiger partial charge < -0.3 is 4.74 Å². The third kappa shape index (κ3) is 5.62. The van der Waals surface area contributed by atoms with E-state index >= 15 is 0 Å². The Bertz CT molecular complexity index is 1140. The number of hydroxylamine groups is 1. The average molecular weight is 513 g/mol. The number of fused-ring (bicyclic) bond motifs is 1. The summed E-state index contributed by atoms with van der Waals surface area (Å²) in [5, 5.41) is 9.30. The van der Waals surface area contributed by atoms with Crippen molar-refractivity contribution in [1.82, 2.24) is 9.79 Å². The summed E-state index contributed by atoms with van der Waals surface area (Å²) in [6.07, 6.45) is -0.112. The molecule has 1 heterocycles. The second-order valence-electron chi connectivity index (χ2n) is 8.99. The minimum atomic E-state index is -4.43. The highest BCUT2D eigenvalue weighted by atomic mass is 32.2. The Morgan fingerprint density at radius 1 is 1.00 bits per heavy atom. The molecular formula is C24H27F3N2O5S. The Kier molecular flexibility index (Phi) is 7.39. The van der Waals surface area contributed by atoms with Crippen LogP contribution in [0.4, 0.5) is 13.2 Å². The molecule has 1 aliphatic heterocycles. The van der Waals surface area contributed by atoms with Crippen LogP contribution in [0.5, 0.6) is 5.75 Å². The number of carbonyl (C=O) groups excluding carboxylic acids is 1. The van der Waals surface area contributed by atoms with Crippen LogP contribution in [0.15, 0.2) is 53.4 Å². The summed E-state index contributed by atoms with van der Waals surface area (Å²) >= 11 is 0. The summed E-state index contributed by atoms with van der Waals surface area (Å²) in [6, 6.07) is 11.1. The minimum absolute atomic E-state index is 0.0244. The van der Waals surface area contributed by atoms with E-state index in [1.54, 1.807) is 29.7 Å². The smallest absolute Gasteiger partial charge is 0.422 e. The van der Waals surface area contributed by atoms with Crippen LogP contribution in [0.25, 0.3) is 11.1 Å². The number of nitrogens with one attached hydrogen (secondary N) is 1. The lowest BCUT2D eigenvalue weighted by atomic mass is 9.71. The zero-order valence-corrected chi connectivity index (χ0v) is 19.7. The van der Waals surface area contributed by atoms with E-state index in [1.165, 1.54) is 28.6 Å². The maximum atomic E-state index is 13.5. The zero-order valence-electron chi connectivity index (χ0n) is 18.9. The van der Waals surface area contributed by atoms with Crippen molar-refractivity contribution in [3.8, 4) is 16.9 Å². The van der Waals surface area contributed by atoms with Gasteiger partial charge in [0.25, 0.3) is 5.91 Å². The number of alkyl halides is 3. The van der Waals surface area contributed by atoms with Crippen LogP contribution >= 0.6 is 0 Å². The Morgan fingerprint density at radius 3 is 2.20 bits per heavy atom. The Morgan fingerprint density at radius 2 is 1.60 bits per heavy atom. The first-order valence-corrected chi connectivity index (χ1v) is 12.9. The van der Waals surface area contributed by atoms with Crippen LogP contribution in [0.1, 0.15) is 32.1 Å². The molecule has 190 valence electrons. The maximum Gasteiger partial charge on any atom is 0.422 e. The number of ether oxygens (including phenoxy) is 1. The first kappa shape index (κ1) is 25.5. The van der Waals surface area contributed by atoms with Gasteiger partial charge in [0.2, 0.25) is 10.0 Å². The summed E-state index contributed by atoms with van der Waals surface area (Å²) in [7, 11) is -4.01. The molecule has 1 amide bonds. The fourth-order valence-corrected chi connectivity index (χ4v) is 6.83. The minimum Gasteiger partial charge on any atom is -0.484 e. The van der Waals surface area contributed by atoms with Crippen LogP contribution in [-0.2, 0) is 14.8 Å². The van der Waals surface area contributed by atoms with E-state index in [2.05, 4.69) is 0 Å². The molecule has 3 atom stereocenters. The monoisotopic (exact) mass is 512 g/mol. The van der Waals surface area contributed by atoms with Crippen molar-refractivity contribution in [2.24, 2.45) is 11.8 Å². The van der Waals surface area contributed by atoms with Crippen molar-refractivity contribution in [1.29, 1.82) is 0 Å². The van der Waals surface area contributed by atoms with E-state index in [-0.39, 0.29) is 29.0 Å². The number of amides is 1. The van der Waals surface area contributed by atoms with Gasteiger partial charge in [0, 0.05) is 6.54 Å². The van der Waals surface area contributed by atoms with Gasteiger partial charge in [-0.05, 0) is 60.1 Å². The topological polar surface area (TPSA) is 95.9 Å². The first-order chi connectivity index (χ1) is 16.6. The SMILES string of the molecule is O=C(NO)C1C2CCCCC2CCN1S(=O)(=O)c1ccc(-c2ccc(OCC(F)(F)F)cc2)cc1. The summed E-state index contributed by atoms with van der Waals surface area (Å²) in [5.41, 5.74) is 3.00. The number of benzene rings is 2. The van der Waals surface area contributed by atoms with E-state index in [0.29, 0.717) is 17.5 Å². The number of carbonyl (C=O) groups is 1. The molecule has 4 rings (SSSR count). The molecule has 1 saturated carbocycles. The van der Waals surface area contributed by atoms with Gasteiger partial charge >= 0.3 is 6.18 Å². The molecule has 3 unspecified atom stereocenters. The van der Waals surface area contributed by atoms with E-state index in [4.69, 9.17) is 4.74 Å². The lowest BCUT2D eigenvalue weighted by Crippen LogP contribution is -2.58. The van der Waals surface area contributed by atoms with Crippen molar-refractivity contribution in [3.63, 3.8) is 0 Å². The van der Waals surface area contributed by atoms with Gasteiger partial charge in [-0.2, -0.15) is 17.5 Å². The number of piperidine rings is 1. The van der Waals surface area contributed by atoms with Gasteiger partial charge in [0.15, 0.2) is 6.61 Å². The van der Waals surface area contributed by atoms with Gasteiger partial charge in [-0.15, -0.1) is 0 Å². The van der Waals surface area contributed by atoms with Crippen LogP contribution in [-0.4, -0.2) is 49.2 Å². The zero-order chi connectivity index (χ0) is 25.2. The number of hydrogen-bond donors (Lipinski definition) is 2. The van der Waals surface area contributed by atoms with Crippen molar-refractivity contribution in [3.05, 3.63) is 48.5 Å². The molecule has 11 heteroatoms. The van der Waals surface area contributed by atoms with Crippen molar-refractivity contribution in [2.45, 2.75) is 49.2 Å². The molecule has 2 fully saturated rings. The van der Waals surface area contributed by atoms with Crippen LogP contribution in [0, 0.1) is 11.8 Å². The molecule has 2 N–H and O–H groups in total. The van der Waals surface area contributed by atoms with Crippen molar-refractivity contribution >= 4 is 15.9 Å². The van der Waals surface area contributed by atoms with Crippen molar-refractivity contribution < 1.29 is 36.3 Å². The standard InChI is InChI=1S/C24H27F3N2O5S/c25-24(26,27)15-34-19-9-5-16(6-10-19)17-7-11-20(12-8-17)35(32,33)29-14-13-18-3-1-2-4-21(18)22(29)23(30)28-31/h5-12,18,21-22,31H,1-4,13-15H2,(H,28,30). The fraction of sp³-hybridized carbons (Fsp3) is 0.458. The van der Waals surface area contributed by atoms with Gasteiger partial charge in [0.05, 0.1) is 4.90 Å². The molecule has 0 radical (unpaired) electrons. The fourth-order valence-electron chi connectivity index (χ4n) is 5.18. The van der Waals surface area contributed by atoms with E-state index in [0.717, 1.165) is 25.7 Å². The van der Waals surface area contributed by atoms with E-state index in [1.807, 2.05) is 0 Å². The lowest BCUT2D eigenvalue weighted by Gasteiger charge is -2.45. The second kappa shape index (κ2) is 10.2. The number of hydrogen-bond acceptors (Lipinski definition) is 5. The normalized spacial score (nSPS) is 23.4. The Hall–Kier alpha value is -2.63. The highest BCUT2D eigenvalue weighted by Gasteiger charge is 2.47. The largest absolute Gasteiger partial charge is 0.484 e. The first-order valence-electron chi connectivity index (χ1n) is 11.5. The second-order valence-corrected chi connectivity index (χ2v) is 10.9. The van der Waals surface area contributed by atoms with Crippen LogP contribution < -0.4 is 10.2 Å². The van der Waals surface area contributed by atoms with Crippen LogP contribution in [0.3, 0.4) is 0 Å². The Labute approximate surface area is 201 Å². The maximum absolute atomic E-state index is 13.5. The number of halogens is 3. The summed E-state index contributed by atoms with van der Waals surface area (Å²) in [4.78, 5) is 12.6. The molecule has 1 saturated heterocycles.